The number of ether oxygens (including phenoxy) is 1. The van der Waals surface area contributed by atoms with Crippen molar-refractivity contribution in [1.82, 2.24) is 4.90 Å². The molecule has 1 rings (SSSR count). The molecule has 1 aliphatic rings. The topological polar surface area (TPSA) is 12.5 Å². The zero-order valence-corrected chi connectivity index (χ0v) is 9.09. The molecule has 13 heavy (non-hydrogen) atoms. The Kier molecular flexibility index (Phi) is 5.40. The number of nitrogens with zero attached hydrogens (tertiary/aromatic N) is 1. The summed E-state index contributed by atoms with van der Waals surface area (Å²) >= 11 is 0. The second-order valence-electron chi connectivity index (χ2n) is 4.17. The Balaban J connectivity index is 2.07. The summed E-state index contributed by atoms with van der Waals surface area (Å²) in [7, 11) is 2.24. The van der Waals surface area contributed by atoms with Crippen molar-refractivity contribution >= 4 is 0 Å². The normalized spacial score (nSPS) is 19.6. The van der Waals surface area contributed by atoms with Crippen molar-refractivity contribution in [2.75, 3.05) is 33.4 Å². The fraction of sp³-hybridized carbons (Fsp3) is 1.00. The predicted octanol–water partition coefficient (Wildman–Crippen LogP) is 2.14. The van der Waals surface area contributed by atoms with Crippen LogP contribution in [0.25, 0.3) is 0 Å². The van der Waals surface area contributed by atoms with Crippen LogP contribution in [0.5, 0.6) is 0 Å². The van der Waals surface area contributed by atoms with Crippen molar-refractivity contribution in [2.24, 2.45) is 5.92 Å². The summed E-state index contributed by atoms with van der Waals surface area (Å²) in [5.41, 5.74) is 0. The van der Waals surface area contributed by atoms with E-state index in [0.717, 1.165) is 19.1 Å². The van der Waals surface area contributed by atoms with Crippen LogP contribution in [0.2, 0.25) is 0 Å². The molecule has 2 nitrogen and oxygen atoms in total. The maximum absolute atomic E-state index is 5.34. The van der Waals surface area contributed by atoms with Crippen molar-refractivity contribution in [2.45, 2.75) is 32.6 Å². The van der Waals surface area contributed by atoms with Gasteiger partial charge in [-0.15, -0.1) is 0 Å². The molecular weight excluding hydrogens is 162 g/mol. The van der Waals surface area contributed by atoms with Gasteiger partial charge in [0.05, 0.1) is 0 Å². The molecule has 0 unspecified atom stereocenters. The third kappa shape index (κ3) is 4.63. The summed E-state index contributed by atoms with van der Waals surface area (Å²) in [6.45, 7) is 6.73. The number of rotatable bonds is 5. The van der Waals surface area contributed by atoms with Crippen LogP contribution < -0.4 is 0 Å². The fourth-order valence-corrected chi connectivity index (χ4v) is 1.89. The summed E-state index contributed by atoms with van der Waals surface area (Å²) in [5, 5.41) is 0. The minimum Gasteiger partial charge on any atom is -0.381 e. The molecular formula is C11H23NO. The molecule has 1 aliphatic heterocycles. The highest BCUT2D eigenvalue weighted by molar-refractivity contribution is 4.66. The zero-order chi connectivity index (χ0) is 9.52. The third-order valence-corrected chi connectivity index (χ3v) is 2.80. The summed E-state index contributed by atoms with van der Waals surface area (Å²) < 4.78 is 5.34. The van der Waals surface area contributed by atoms with E-state index in [1.807, 2.05) is 0 Å². The quantitative estimate of drug-likeness (QED) is 0.650. The van der Waals surface area contributed by atoms with E-state index in [9.17, 15) is 0 Å². The lowest BCUT2D eigenvalue weighted by atomic mass is 10.00. The molecule has 1 fully saturated rings. The van der Waals surface area contributed by atoms with E-state index in [0.29, 0.717) is 0 Å². The van der Waals surface area contributed by atoms with E-state index >= 15 is 0 Å². The molecule has 0 aromatic carbocycles. The van der Waals surface area contributed by atoms with E-state index in [4.69, 9.17) is 4.74 Å². The summed E-state index contributed by atoms with van der Waals surface area (Å²) in [4.78, 5) is 2.47. The van der Waals surface area contributed by atoms with Crippen LogP contribution in [-0.4, -0.2) is 38.3 Å². The van der Waals surface area contributed by atoms with E-state index in [2.05, 4.69) is 18.9 Å². The highest BCUT2D eigenvalue weighted by Gasteiger charge is 2.14. The van der Waals surface area contributed by atoms with Gasteiger partial charge in [0.1, 0.15) is 0 Å². The summed E-state index contributed by atoms with van der Waals surface area (Å²) in [5.74, 6) is 0.885. The van der Waals surface area contributed by atoms with Crippen molar-refractivity contribution in [3.05, 3.63) is 0 Å². The van der Waals surface area contributed by atoms with Gasteiger partial charge in [0.25, 0.3) is 0 Å². The molecule has 1 saturated heterocycles. The second kappa shape index (κ2) is 6.39. The van der Waals surface area contributed by atoms with Crippen molar-refractivity contribution in [1.29, 1.82) is 0 Å². The van der Waals surface area contributed by atoms with Crippen LogP contribution in [0.4, 0.5) is 0 Å². The number of hydrogen-bond donors (Lipinski definition) is 0. The average Bonchev–Trinajstić information content (AvgIpc) is 2.16. The Hall–Kier alpha value is -0.0800. The van der Waals surface area contributed by atoms with Gasteiger partial charge in [-0.2, -0.15) is 0 Å². The van der Waals surface area contributed by atoms with Crippen molar-refractivity contribution < 1.29 is 4.74 Å². The van der Waals surface area contributed by atoms with Crippen LogP contribution in [-0.2, 0) is 4.74 Å². The van der Waals surface area contributed by atoms with Gasteiger partial charge in [-0.05, 0) is 38.8 Å². The first-order valence-electron chi connectivity index (χ1n) is 5.59. The zero-order valence-electron chi connectivity index (χ0n) is 9.09. The molecule has 1 heterocycles. The van der Waals surface area contributed by atoms with E-state index < -0.39 is 0 Å². The molecule has 0 spiro atoms. The van der Waals surface area contributed by atoms with Gasteiger partial charge in [-0.1, -0.05) is 13.3 Å². The monoisotopic (exact) mass is 185 g/mol. The van der Waals surface area contributed by atoms with Gasteiger partial charge in [-0.3, -0.25) is 0 Å². The van der Waals surface area contributed by atoms with Crippen LogP contribution in [0, 0.1) is 5.92 Å². The van der Waals surface area contributed by atoms with Gasteiger partial charge in [0.2, 0.25) is 0 Å². The van der Waals surface area contributed by atoms with Crippen LogP contribution in [0.15, 0.2) is 0 Å². The van der Waals surface area contributed by atoms with Crippen LogP contribution >= 0.6 is 0 Å². The van der Waals surface area contributed by atoms with Crippen molar-refractivity contribution in [3.63, 3.8) is 0 Å². The molecule has 0 saturated carbocycles. The standard InChI is InChI=1S/C11H23NO/c1-3-4-7-12(2)10-11-5-8-13-9-6-11/h11H,3-10H2,1-2H3. The smallest absolute Gasteiger partial charge is 0.0469 e. The Labute approximate surface area is 82.3 Å². The maximum Gasteiger partial charge on any atom is 0.0469 e. The summed E-state index contributed by atoms with van der Waals surface area (Å²) in [6.07, 6.45) is 5.16. The summed E-state index contributed by atoms with van der Waals surface area (Å²) in [6, 6.07) is 0. The Morgan fingerprint density at radius 2 is 2.00 bits per heavy atom. The Morgan fingerprint density at radius 3 is 2.62 bits per heavy atom. The first kappa shape index (κ1) is 11.0. The predicted molar refractivity (Wildman–Crippen MR) is 55.9 cm³/mol. The molecule has 2 heteroatoms. The average molecular weight is 185 g/mol. The van der Waals surface area contributed by atoms with Gasteiger partial charge < -0.3 is 9.64 Å². The highest BCUT2D eigenvalue weighted by Crippen LogP contribution is 2.15. The molecule has 0 aromatic rings. The SMILES string of the molecule is CCCCN(C)CC1CCOCC1. The molecule has 0 radical (unpaired) electrons. The molecule has 0 bridgehead atoms. The Bertz CT molecular complexity index is 121. The molecule has 0 N–H and O–H groups in total. The lowest BCUT2D eigenvalue weighted by Crippen LogP contribution is -2.30. The minimum absolute atomic E-state index is 0.885. The molecule has 78 valence electrons. The van der Waals surface area contributed by atoms with Crippen molar-refractivity contribution in [3.8, 4) is 0 Å². The fourth-order valence-electron chi connectivity index (χ4n) is 1.89. The lowest BCUT2D eigenvalue weighted by Gasteiger charge is -2.26. The second-order valence-corrected chi connectivity index (χ2v) is 4.17. The molecule has 0 amide bonds. The third-order valence-electron chi connectivity index (χ3n) is 2.80. The van der Waals surface area contributed by atoms with Gasteiger partial charge in [0.15, 0.2) is 0 Å². The van der Waals surface area contributed by atoms with Gasteiger partial charge in [0, 0.05) is 19.8 Å². The maximum atomic E-state index is 5.34. The van der Waals surface area contributed by atoms with E-state index in [1.54, 1.807) is 0 Å². The number of hydrogen-bond acceptors (Lipinski definition) is 2. The van der Waals surface area contributed by atoms with Crippen LogP contribution in [0.3, 0.4) is 0 Å². The van der Waals surface area contributed by atoms with Gasteiger partial charge >= 0.3 is 0 Å². The molecule has 0 aromatic heterocycles. The first-order chi connectivity index (χ1) is 6.33. The molecule has 0 aliphatic carbocycles. The number of unbranched alkanes of at least 4 members (excludes halogenated alkanes) is 1. The highest BCUT2D eigenvalue weighted by atomic mass is 16.5. The lowest BCUT2D eigenvalue weighted by molar-refractivity contribution is 0.0556. The van der Waals surface area contributed by atoms with Crippen LogP contribution in [0.1, 0.15) is 32.6 Å². The minimum atomic E-state index is 0.885. The Morgan fingerprint density at radius 1 is 1.31 bits per heavy atom. The largest absolute Gasteiger partial charge is 0.381 e. The van der Waals surface area contributed by atoms with E-state index in [1.165, 1.54) is 38.8 Å². The first-order valence-corrected chi connectivity index (χ1v) is 5.59. The van der Waals surface area contributed by atoms with E-state index in [-0.39, 0.29) is 0 Å². The van der Waals surface area contributed by atoms with Gasteiger partial charge in [-0.25, -0.2) is 0 Å². The molecule has 0 atom stereocenters.